The van der Waals surface area contributed by atoms with Crippen molar-refractivity contribution in [3.05, 3.63) is 41.5 Å². The average molecular weight is 185 g/mol. The van der Waals surface area contributed by atoms with Gasteiger partial charge in [0.15, 0.2) is 0 Å². The van der Waals surface area contributed by atoms with E-state index >= 15 is 0 Å². The molecule has 14 heavy (non-hydrogen) atoms. The fraction of sp³-hybridized carbons (Fsp3) is 0.273. The van der Waals surface area contributed by atoms with E-state index in [-0.39, 0.29) is 6.04 Å². The quantitative estimate of drug-likeness (QED) is 0.626. The van der Waals surface area contributed by atoms with Crippen LogP contribution in [0.3, 0.4) is 0 Å². The van der Waals surface area contributed by atoms with Crippen molar-refractivity contribution in [1.29, 1.82) is 0 Å². The smallest absolute Gasteiger partial charge is 0.246 e. The largest absolute Gasteiger partial charge is 0.334 e. The summed E-state index contributed by atoms with van der Waals surface area (Å²) in [4.78, 5) is 7.74. The summed E-state index contributed by atoms with van der Waals surface area (Å²) in [5.74, 6) is 0. The first-order valence-electron chi connectivity index (χ1n) is 4.50. The Balaban J connectivity index is 2.58. The molecule has 0 N–H and O–H groups in total. The van der Waals surface area contributed by atoms with E-state index in [9.17, 15) is 0 Å². The van der Waals surface area contributed by atoms with Gasteiger partial charge in [-0.2, -0.15) is 0 Å². The number of nitrogens with zero attached hydrogens (tertiary/aromatic N) is 3. The van der Waals surface area contributed by atoms with E-state index in [4.69, 9.17) is 6.57 Å². The molecule has 1 atom stereocenters. The van der Waals surface area contributed by atoms with Crippen molar-refractivity contribution in [3.8, 4) is 0 Å². The Kier molecular flexibility index (Phi) is 1.97. The van der Waals surface area contributed by atoms with E-state index in [0.29, 0.717) is 0 Å². The number of hydrogen-bond acceptors (Lipinski definition) is 1. The molecular weight excluding hydrogens is 174 g/mol. The fourth-order valence-electron chi connectivity index (χ4n) is 1.49. The number of aromatic nitrogens is 2. The summed E-state index contributed by atoms with van der Waals surface area (Å²) in [5.41, 5.74) is 3.10. The van der Waals surface area contributed by atoms with Crippen LogP contribution in [0.15, 0.2) is 24.5 Å². The molecule has 1 heterocycles. The highest BCUT2D eigenvalue weighted by Crippen LogP contribution is 2.21. The molecule has 1 aromatic carbocycles. The Bertz CT molecular complexity index is 505. The molecule has 0 aliphatic rings. The maximum atomic E-state index is 6.96. The minimum Gasteiger partial charge on any atom is -0.334 e. The lowest BCUT2D eigenvalue weighted by molar-refractivity contribution is 0.945. The van der Waals surface area contributed by atoms with Crippen LogP contribution in [0.1, 0.15) is 18.5 Å². The molecule has 0 radical (unpaired) electrons. The number of hydrogen-bond donors (Lipinski definition) is 0. The van der Waals surface area contributed by atoms with E-state index < -0.39 is 0 Å². The first-order valence-corrected chi connectivity index (χ1v) is 4.50. The van der Waals surface area contributed by atoms with Crippen LogP contribution in [0.5, 0.6) is 0 Å². The molecule has 3 nitrogen and oxygen atoms in total. The van der Waals surface area contributed by atoms with E-state index in [2.05, 4.69) is 9.83 Å². The lowest BCUT2D eigenvalue weighted by Gasteiger charge is -1.99. The van der Waals surface area contributed by atoms with Gasteiger partial charge in [-0.05, 0) is 18.2 Å². The molecule has 70 valence electrons. The third-order valence-electron chi connectivity index (χ3n) is 2.43. The van der Waals surface area contributed by atoms with E-state index in [1.807, 2.05) is 36.7 Å². The molecule has 0 saturated carbocycles. The molecule has 2 aromatic rings. The average Bonchev–Trinajstić information content (AvgIpc) is 2.59. The zero-order valence-corrected chi connectivity index (χ0v) is 8.23. The van der Waals surface area contributed by atoms with E-state index in [0.717, 1.165) is 16.6 Å². The van der Waals surface area contributed by atoms with Crippen molar-refractivity contribution >= 4 is 11.0 Å². The predicted molar refractivity (Wildman–Crippen MR) is 55.7 cm³/mol. The molecule has 0 fully saturated rings. The van der Waals surface area contributed by atoms with Gasteiger partial charge in [-0.15, -0.1) is 0 Å². The second kappa shape index (κ2) is 3.15. The van der Waals surface area contributed by atoms with Crippen molar-refractivity contribution in [2.24, 2.45) is 7.05 Å². The lowest BCUT2D eigenvalue weighted by atomic mass is 10.1. The zero-order valence-electron chi connectivity index (χ0n) is 8.23. The molecule has 2 rings (SSSR count). The van der Waals surface area contributed by atoms with Gasteiger partial charge in [-0.3, -0.25) is 0 Å². The Morgan fingerprint density at radius 2 is 2.29 bits per heavy atom. The molecule has 1 aromatic heterocycles. The van der Waals surface area contributed by atoms with Crippen molar-refractivity contribution < 1.29 is 0 Å². The highest BCUT2D eigenvalue weighted by atomic mass is 15.0. The topological polar surface area (TPSA) is 22.2 Å². The predicted octanol–water partition coefficient (Wildman–Crippen LogP) is 2.55. The van der Waals surface area contributed by atoms with Gasteiger partial charge in [0.1, 0.15) is 0 Å². The molecule has 3 heteroatoms. The molecule has 0 aliphatic carbocycles. The van der Waals surface area contributed by atoms with E-state index in [1.54, 1.807) is 6.33 Å². The SMILES string of the molecule is [C-]#[N+]C(C)c1ccc2c(c1)ncn2C. The standard InChI is InChI=1S/C11H11N3/c1-8(12-2)9-4-5-11-10(6-9)13-7-14(11)3/h4-8H,1,3H3. The molecule has 0 spiro atoms. The first-order chi connectivity index (χ1) is 6.72. The Labute approximate surface area is 82.8 Å². The highest BCUT2D eigenvalue weighted by Gasteiger charge is 2.09. The van der Waals surface area contributed by atoms with Gasteiger partial charge < -0.3 is 9.41 Å². The monoisotopic (exact) mass is 185 g/mol. The van der Waals surface area contributed by atoms with Crippen LogP contribution in [-0.4, -0.2) is 9.55 Å². The minimum atomic E-state index is -0.0820. The fourth-order valence-corrected chi connectivity index (χ4v) is 1.49. The third-order valence-corrected chi connectivity index (χ3v) is 2.43. The number of fused-ring (bicyclic) bond motifs is 1. The van der Waals surface area contributed by atoms with Crippen LogP contribution in [0, 0.1) is 6.57 Å². The summed E-state index contributed by atoms with van der Waals surface area (Å²) in [6.07, 6.45) is 1.79. The maximum Gasteiger partial charge on any atom is 0.246 e. The number of aryl methyl sites for hydroxylation is 1. The molecule has 0 saturated heterocycles. The van der Waals surface area contributed by atoms with Gasteiger partial charge in [-0.1, -0.05) is 0 Å². The summed E-state index contributed by atoms with van der Waals surface area (Å²) in [7, 11) is 1.97. The first kappa shape index (κ1) is 8.76. The summed E-state index contributed by atoms with van der Waals surface area (Å²) >= 11 is 0. The molecule has 0 bridgehead atoms. The Morgan fingerprint density at radius 1 is 1.50 bits per heavy atom. The number of benzene rings is 1. The van der Waals surface area contributed by atoms with Gasteiger partial charge in [0.05, 0.1) is 17.4 Å². The van der Waals surface area contributed by atoms with Crippen molar-refractivity contribution in [2.45, 2.75) is 13.0 Å². The van der Waals surface area contributed by atoms with Crippen LogP contribution in [0.25, 0.3) is 15.9 Å². The van der Waals surface area contributed by atoms with Gasteiger partial charge in [0, 0.05) is 19.5 Å². The lowest BCUT2D eigenvalue weighted by Crippen LogP contribution is -1.88. The molecule has 1 unspecified atom stereocenters. The van der Waals surface area contributed by atoms with Gasteiger partial charge in [0.25, 0.3) is 0 Å². The highest BCUT2D eigenvalue weighted by molar-refractivity contribution is 5.76. The Hall–Kier alpha value is -1.82. The van der Waals surface area contributed by atoms with Crippen LogP contribution in [0.4, 0.5) is 0 Å². The zero-order chi connectivity index (χ0) is 10.1. The van der Waals surface area contributed by atoms with Gasteiger partial charge in [-0.25, -0.2) is 11.6 Å². The van der Waals surface area contributed by atoms with Gasteiger partial charge >= 0.3 is 0 Å². The van der Waals surface area contributed by atoms with Crippen LogP contribution in [0.2, 0.25) is 0 Å². The van der Waals surface area contributed by atoms with Crippen LogP contribution in [-0.2, 0) is 7.05 Å². The van der Waals surface area contributed by atoms with Crippen molar-refractivity contribution in [2.75, 3.05) is 0 Å². The number of imidazole rings is 1. The summed E-state index contributed by atoms with van der Waals surface area (Å²) in [6, 6.07) is 5.91. The van der Waals surface area contributed by atoms with Crippen molar-refractivity contribution in [1.82, 2.24) is 9.55 Å². The second-order valence-electron chi connectivity index (χ2n) is 3.41. The summed E-state index contributed by atoms with van der Waals surface area (Å²) < 4.78 is 1.97. The maximum absolute atomic E-state index is 6.96. The summed E-state index contributed by atoms with van der Waals surface area (Å²) in [5, 5.41) is 0. The Morgan fingerprint density at radius 3 is 3.00 bits per heavy atom. The third kappa shape index (κ3) is 1.25. The summed E-state index contributed by atoms with van der Waals surface area (Å²) in [6.45, 7) is 8.86. The minimum absolute atomic E-state index is 0.0820. The second-order valence-corrected chi connectivity index (χ2v) is 3.41. The van der Waals surface area contributed by atoms with Crippen LogP contribution >= 0.6 is 0 Å². The van der Waals surface area contributed by atoms with Crippen LogP contribution < -0.4 is 0 Å². The van der Waals surface area contributed by atoms with Gasteiger partial charge in [0.2, 0.25) is 6.04 Å². The number of rotatable bonds is 1. The van der Waals surface area contributed by atoms with E-state index in [1.165, 1.54) is 0 Å². The molecular formula is C11H11N3. The molecule has 0 aliphatic heterocycles. The molecule has 0 amide bonds. The normalized spacial score (nSPS) is 12.6. The van der Waals surface area contributed by atoms with Crippen molar-refractivity contribution in [3.63, 3.8) is 0 Å².